The van der Waals surface area contributed by atoms with Crippen molar-refractivity contribution < 1.29 is 4.74 Å². The van der Waals surface area contributed by atoms with Gasteiger partial charge >= 0.3 is 0 Å². The van der Waals surface area contributed by atoms with E-state index in [9.17, 15) is 4.79 Å². The van der Waals surface area contributed by atoms with E-state index in [1.807, 2.05) is 25.1 Å². The highest BCUT2D eigenvalue weighted by Gasteiger charge is 2.26. The number of benzene rings is 1. The third-order valence-electron chi connectivity index (χ3n) is 6.04. The SMILES string of the molecule is Cc1cccc2cc(CN(C(=S)NC[C@@H]3CCCO3)C3CCCC3)c(=O)[nH]c12. The Morgan fingerprint density at radius 3 is 2.86 bits per heavy atom. The van der Waals surface area contributed by atoms with Gasteiger partial charge in [-0.1, -0.05) is 31.0 Å². The van der Waals surface area contributed by atoms with Crippen molar-refractivity contribution in [3.05, 3.63) is 45.7 Å². The Kier molecular flexibility index (Phi) is 5.97. The van der Waals surface area contributed by atoms with Crippen LogP contribution in [0.25, 0.3) is 10.9 Å². The maximum Gasteiger partial charge on any atom is 0.253 e. The zero-order valence-corrected chi connectivity index (χ0v) is 17.3. The van der Waals surface area contributed by atoms with E-state index < -0.39 is 0 Å². The fourth-order valence-electron chi connectivity index (χ4n) is 4.42. The smallest absolute Gasteiger partial charge is 0.253 e. The lowest BCUT2D eigenvalue weighted by Gasteiger charge is -2.32. The van der Waals surface area contributed by atoms with Crippen LogP contribution in [0.3, 0.4) is 0 Å². The van der Waals surface area contributed by atoms with Gasteiger partial charge in [-0.05, 0) is 61.8 Å². The van der Waals surface area contributed by atoms with Crippen LogP contribution in [0, 0.1) is 6.92 Å². The summed E-state index contributed by atoms with van der Waals surface area (Å²) < 4.78 is 5.71. The first-order valence-corrected chi connectivity index (χ1v) is 10.8. The third-order valence-corrected chi connectivity index (χ3v) is 6.42. The summed E-state index contributed by atoms with van der Waals surface area (Å²) in [6, 6.07) is 8.52. The topological polar surface area (TPSA) is 57.4 Å². The van der Waals surface area contributed by atoms with Gasteiger partial charge in [0.05, 0.1) is 18.2 Å². The fraction of sp³-hybridized carbons (Fsp3) is 0.545. The van der Waals surface area contributed by atoms with Gasteiger partial charge in [-0.25, -0.2) is 0 Å². The van der Waals surface area contributed by atoms with E-state index in [-0.39, 0.29) is 11.7 Å². The molecule has 2 N–H and O–H groups in total. The zero-order chi connectivity index (χ0) is 19.5. The second kappa shape index (κ2) is 8.62. The summed E-state index contributed by atoms with van der Waals surface area (Å²) in [5, 5.41) is 5.22. The molecule has 1 aliphatic heterocycles. The predicted molar refractivity (Wildman–Crippen MR) is 117 cm³/mol. The molecule has 0 radical (unpaired) electrons. The Morgan fingerprint density at radius 1 is 1.29 bits per heavy atom. The van der Waals surface area contributed by atoms with E-state index in [1.165, 1.54) is 12.8 Å². The number of thiocarbonyl (C=S) groups is 1. The lowest BCUT2D eigenvalue weighted by molar-refractivity contribution is 0.113. The van der Waals surface area contributed by atoms with Crippen LogP contribution in [-0.2, 0) is 11.3 Å². The molecule has 1 aromatic heterocycles. The van der Waals surface area contributed by atoms with Gasteiger partial charge in [0.2, 0.25) is 0 Å². The van der Waals surface area contributed by atoms with Crippen LogP contribution < -0.4 is 10.9 Å². The van der Waals surface area contributed by atoms with Crippen molar-refractivity contribution in [2.45, 2.75) is 64.1 Å². The highest BCUT2D eigenvalue weighted by Crippen LogP contribution is 2.25. The first kappa shape index (κ1) is 19.4. The Morgan fingerprint density at radius 2 is 2.11 bits per heavy atom. The van der Waals surface area contributed by atoms with Crippen LogP contribution in [0.2, 0.25) is 0 Å². The van der Waals surface area contributed by atoms with Crippen molar-refractivity contribution in [1.82, 2.24) is 15.2 Å². The van der Waals surface area contributed by atoms with Gasteiger partial charge in [-0.15, -0.1) is 0 Å². The van der Waals surface area contributed by atoms with E-state index in [1.54, 1.807) is 0 Å². The molecule has 0 spiro atoms. The quantitative estimate of drug-likeness (QED) is 0.752. The molecule has 2 aliphatic rings. The first-order chi connectivity index (χ1) is 13.6. The minimum absolute atomic E-state index is 0.0216. The highest BCUT2D eigenvalue weighted by molar-refractivity contribution is 7.80. The average molecular weight is 400 g/mol. The van der Waals surface area contributed by atoms with E-state index >= 15 is 0 Å². The first-order valence-electron chi connectivity index (χ1n) is 10.4. The number of nitrogens with zero attached hydrogens (tertiary/aromatic N) is 1. The van der Waals surface area contributed by atoms with Crippen molar-refractivity contribution >= 4 is 28.2 Å². The Bertz CT molecular complexity index is 898. The molecule has 2 aromatic rings. The number of aromatic amines is 1. The van der Waals surface area contributed by atoms with Gasteiger partial charge in [-0.3, -0.25) is 4.79 Å². The normalized spacial score (nSPS) is 20.0. The lowest BCUT2D eigenvalue weighted by atomic mass is 10.1. The van der Waals surface area contributed by atoms with Crippen LogP contribution in [0.5, 0.6) is 0 Å². The summed E-state index contributed by atoms with van der Waals surface area (Å²) in [5.74, 6) is 0. The molecular formula is C22H29N3O2S. The highest BCUT2D eigenvalue weighted by atomic mass is 32.1. The number of hydrogen-bond donors (Lipinski definition) is 2. The molecular weight excluding hydrogens is 370 g/mol. The number of para-hydroxylation sites is 1. The largest absolute Gasteiger partial charge is 0.376 e. The molecule has 150 valence electrons. The number of rotatable bonds is 5. The molecule has 4 rings (SSSR count). The van der Waals surface area contributed by atoms with E-state index in [4.69, 9.17) is 17.0 Å². The van der Waals surface area contributed by atoms with Gasteiger partial charge in [0, 0.05) is 24.8 Å². The number of hydrogen-bond acceptors (Lipinski definition) is 3. The minimum Gasteiger partial charge on any atom is -0.376 e. The van der Waals surface area contributed by atoms with Crippen LogP contribution in [0.4, 0.5) is 0 Å². The Balaban J connectivity index is 1.55. The molecule has 1 saturated heterocycles. The van der Waals surface area contributed by atoms with Crippen molar-refractivity contribution in [3.63, 3.8) is 0 Å². The van der Waals surface area contributed by atoms with Crippen LogP contribution in [0.1, 0.15) is 49.7 Å². The molecule has 28 heavy (non-hydrogen) atoms. The molecule has 1 aliphatic carbocycles. The van der Waals surface area contributed by atoms with Gasteiger partial charge < -0.3 is 19.9 Å². The fourth-order valence-corrected chi connectivity index (χ4v) is 4.72. The summed E-state index contributed by atoms with van der Waals surface area (Å²) in [4.78, 5) is 18.1. The molecule has 1 saturated carbocycles. The molecule has 0 unspecified atom stereocenters. The van der Waals surface area contributed by atoms with Gasteiger partial charge in [0.15, 0.2) is 5.11 Å². The van der Waals surface area contributed by atoms with Crippen LogP contribution in [0.15, 0.2) is 29.1 Å². The van der Waals surface area contributed by atoms with Gasteiger partial charge in [0.25, 0.3) is 5.56 Å². The van der Waals surface area contributed by atoms with Gasteiger partial charge in [0.1, 0.15) is 0 Å². The number of aromatic nitrogens is 1. The molecule has 5 nitrogen and oxygen atoms in total. The molecule has 2 heterocycles. The lowest BCUT2D eigenvalue weighted by Crippen LogP contribution is -2.47. The monoisotopic (exact) mass is 399 g/mol. The van der Waals surface area contributed by atoms with E-state index in [0.717, 1.165) is 66.0 Å². The molecule has 1 atom stereocenters. The summed E-state index contributed by atoms with van der Waals surface area (Å²) in [5.41, 5.74) is 2.75. The Labute approximate surface area is 171 Å². The summed E-state index contributed by atoms with van der Waals surface area (Å²) in [7, 11) is 0. The summed E-state index contributed by atoms with van der Waals surface area (Å²) in [6.07, 6.45) is 7.17. The number of fused-ring (bicyclic) bond motifs is 1. The molecule has 6 heteroatoms. The Hall–Kier alpha value is -1.92. The number of nitrogens with one attached hydrogen (secondary N) is 2. The van der Waals surface area contributed by atoms with Crippen LogP contribution in [-0.4, -0.2) is 40.3 Å². The zero-order valence-electron chi connectivity index (χ0n) is 16.5. The molecule has 0 amide bonds. The van der Waals surface area contributed by atoms with Crippen molar-refractivity contribution in [2.75, 3.05) is 13.2 Å². The van der Waals surface area contributed by atoms with E-state index in [0.29, 0.717) is 12.6 Å². The van der Waals surface area contributed by atoms with Crippen molar-refractivity contribution in [3.8, 4) is 0 Å². The molecule has 0 bridgehead atoms. The van der Waals surface area contributed by atoms with Crippen molar-refractivity contribution in [1.29, 1.82) is 0 Å². The molecule has 2 fully saturated rings. The molecule has 1 aromatic carbocycles. The maximum atomic E-state index is 12.8. The number of aryl methyl sites for hydroxylation is 1. The predicted octanol–water partition coefficient (Wildman–Crippen LogP) is 3.63. The van der Waals surface area contributed by atoms with Crippen molar-refractivity contribution in [2.24, 2.45) is 0 Å². The third kappa shape index (κ3) is 4.23. The van der Waals surface area contributed by atoms with Crippen LogP contribution >= 0.6 is 12.2 Å². The minimum atomic E-state index is -0.0216. The number of H-pyrrole nitrogens is 1. The maximum absolute atomic E-state index is 12.8. The number of ether oxygens (including phenoxy) is 1. The number of pyridine rings is 1. The average Bonchev–Trinajstić information content (AvgIpc) is 3.39. The standard InChI is InChI=1S/C22H29N3O2S/c1-15-6-4-7-16-12-17(21(26)24-20(15)16)14-25(18-8-2-3-9-18)22(28)23-13-19-10-5-11-27-19/h4,6-7,12,18-19H,2-3,5,8-11,13-14H2,1H3,(H,23,28)(H,24,26)/t19-/m0/s1. The second-order valence-corrected chi connectivity index (χ2v) is 8.44. The van der Waals surface area contributed by atoms with Gasteiger partial charge in [-0.2, -0.15) is 0 Å². The summed E-state index contributed by atoms with van der Waals surface area (Å²) >= 11 is 5.75. The summed E-state index contributed by atoms with van der Waals surface area (Å²) in [6.45, 7) is 4.15. The second-order valence-electron chi connectivity index (χ2n) is 8.05. The van der Waals surface area contributed by atoms with E-state index in [2.05, 4.69) is 21.3 Å².